The number of ether oxygens (including phenoxy) is 2. The summed E-state index contributed by atoms with van der Waals surface area (Å²) in [7, 11) is -16.5. The molecular weight excluding hydrogens is 673 g/mol. The first-order valence-corrected chi connectivity index (χ1v) is 18.7. The number of unbranched alkanes of at least 4 members (excludes halogenated alkanes) is 6. The fourth-order valence-electron chi connectivity index (χ4n) is 4.15. The van der Waals surface area contributed by atoms with E-state index < -0.39 is 91.3 Å². The Kier molecular flexibility index (Phi) is 18.6. The van der Waals surface area contributed by atoms with Crippen LogP contribution in [0.4, 0.5) is 0 Å². The van der Waals surface area contributed by atoms with Gasteiger partial charge in [0.1, 0.15) is 43.2 Å². The van der Waals surface area contributed by atoms with Crippen molar-refractivity contribution in [1.82, 2.24) is 0 Å². The summed E-state index contributed by atoms with van der Waals surface area (Å²) >= 11 is 0. The lowest BCUT2D eigenvalue weighted by atomic mass is 9.85. The van der Waals surface area contributed by atoms with Crippen molar-refractivity contribution in [2.24, 2.45) is 0 Å². The quantitative estimate of drug-likeness (QED) is 0.0331. The number of rotatable bonds is 22. The molecule has 0 aliphatic heterocycles. The smallest absolute Gasteiger partial charge is 0.462 e. The fraction of sp³-hybridized carbons (Fsp3) is 0.870. The van der Waals surface area contributed by atoms with Gasteiger partial charge in [0.2, 0.25) is 0 Å². The fourth-order valence-corrected chi connectivity index (χ4v) is 6.25. The van der Waals surface area contributed by atoms with Crippen molar-refractivity contribution in [2.75, 3.05) is 13.2 Å². The highest BCUT2D eigenvalue weighted by atomic mass is 31.2. The standard InChI is InChI=1S/C23H44O19P3/c1-3-5-7-8-10-11-16(24)37-13-15(39-17(25)12-9-6-4-2)14-38-45(35,36)42-21-18(26)19(27)22(40-43(29,30)31)23(20(21)28)41-44(32,33)34/h15,18-23,26-28H,2-14H2,1H3,(H,35,36)(H2,29,30,31)(H2,32,33,34)/q-1/t15-,18-,19+,20+,21-,22-,23-/m1/s1. The van der Waals surface area contributed by atoms with Gasteiger partial charge in [-0.25, -0.2) is 13.7 Å². The molecule has 1 saturated carbocycles. The zero-order valence-corrected chi connectivity index (χ0v) is 27.3. The largest absolute Gasteiger partial charge is 0.472 e. The lowest BCUT2D eigenvalue weighted by Gasteiger charge is -2.44. The number of carbonyl (C=O) groups excluding carboxylic acids is 2. The van der Waals surface area contributed by atoms with Crippen molar-refractivity contribution in [1.29, 1.82) is 0 Å². The van der Waals surface area contributed by atoms with Crippen molar-refractivity contribution in [3.63, 3.8) is 0 Å². The molecule has 1 unspecified atom stereocenters. The minimum atomic E-state index is -5.57. The zero-order chi connectivity index (χ0) is 34.4. The summed E-state index contributed by atoms with van der Waals surface area (Å²) in [5.74, 6) is -1.38. The van der Waals surface area contributed by atoms with Crippen LogP contribution in [-0.2, 0) is 50.9 Å². The van der Waals surface area contributed by atoms with Gasteiger partial charge < -0.3 is 56.2 Å². The third-order valence-electron chi connectivity index (χ3n) is 6.31. The van der Waals surface area contributed by atoms with E-state index in [0.29, 0.717) is 25.7 Å². The van der Waals surface area contributed by atoms with E-state index in [1.54, 1.807) is 0 Å². The van der Waals surface area contributed by atoms with E-state index in [-0.39, 0.29) is 12.8 Å². The van der Waals surface area contributed by atoms with Crippen molar-refractivity contribution >= 4 is 35.4 Å². The van der Waals surface area contributed by atoms with Crippen molar-refractivity contribution in [3.05, 3.63) is 6.92 Å². The molecule has 8 N–H and O–H groups in total. The van der Waals surface area contributed by atoms with Gasteiger partial charge >= 0.3 is 35.4 Å². The zero-order valence-electron chi connectivity index (χ0n) is 24.6. The Labute approximate surface area is 260 Å². The van der Waals surface area contributed by atoms with E-state index >= 15 is 0 Å². The maximum atomic E-state index is 12.8. The molecule has 1 aliphatic rings. The molecule has 0 heterocycles. The van der Waals surface area contributed by atoms with Gasteiger partial charge in [-0.2, -0.15) is 6.42 Å². The summed E-state index contributed by atoms with van der Waals surface area (Å²) in [4.78, 5) is 71.2. The molecule has 1 fully saturated rings. The lowest BCUT2D eigenvalue weighted by Crippen LogP contribution is -2.65. The van der Waals surface area contributed by atoms with E-state index in [4.69, 9.17) is 38.1 Å². The first-order chi connectivity index (χ1) is 20.8. The van der Waals surface area contributed by atoms with Crippen LogP contribution in [0.15, 0.2) is 0 Å². The molecule has 1 rings (SSSR count). The van der Waals surface area contributed by atoms with E-state index in [1.165, 1.54) is 0 Å². The number of aliphatic hydroxyl groups is 3. The number of phosphoric ester groups is 3. The third-order valence-corrected chi connectivity index (χ3v) is 8.33. The minimum Gasteiger partial charge on any atom is -0.462 e. The van der Waals surface area contributed by atoms with Gasteiger partial charge in [-0.3, -0.25) is 27.7 Å². The van der Waals surface area contributed by atoms with Gasteiger partial charge in [-0.1, -0.05) is 39.0 Å². The summed E-state index contributed by atoms with van der Waals surface area (Å²) in [5.41, 5.74) is 0. The van der Waals surface area contributed by atoms with Gasteiger partial charge in [-0.15, -0.1) is 0 Å². The van der Waals surface area contributed by atoms with Gasteiger partial charge in [-0.05, 0) is 12.8 Å². The lowest BCUT2D eigenvalue weighted by molar-refractivity contribution is -0.213. The molecule has 0 aromatic heterocycles. The molecule has 8 atom stereocenters. The molecule has 0 amide bonds. The second kappa shape index (κ2) is 19.8. The van der Waals surface area contributed by atoms with E-state index in [2.05, 4.69) is 16.0 Å². The Hall–Kier alpha value is -0.850. The van der Waals surface area contributed by atoms with Crippen LogP contribution in [0.5, 0.6) is 0 Å². The van der Waals surface area contributed by atoms with Crippen LogP contribution >= 0.6 is 23.5 Å². The molecule has 45 heavy (non-hydrogen) atoms. The molecule has 0 radical (unpaired) electrons. The summed E-state index contributed by atoms with van der Waals surface area (Å²) in [6.07, 6.45) is -10.5. The third kappa shape index (κ3) is 17.2. The first-order valence-electron chi connectivity index (χ1n) is 14.1. The second-order valence-electron chi connectivity index (χ2n) is 10.2. The van der Waals surface area contributed by atoms with Crippen LogP contribution in [0, 0.1) is 6.92 Å². The van der Waals surface area contributed by atoms with Crippen molar-refractivity contribution in [2.45, 2.75) is 114 Å². The molecule has 0 aromatic carbocycles. The summed E-state index contributed by atoms with van der Waals surface area (Å²) < 4.78 is 63.8. The molecule has 1 aliphatic carbocycles. The SMILES string of the molecule is [CH2-]CCCCC(=O)O[C@H](COC(=O)CCCCCCC)COP(=O)(O)O[C@@H]1[C@H](O)[C@H](O)[C@@H](OP(=O)(O)O)[C@H](OP(=O)(O)O)[C@H]1O. The Morgan fingerprint density at radius 1 is 0.689 bits per heavy atom. The number of carbonyl (C=O) groups is 2. The normalized spacial score (nSPS) is 26.2. The summed E-state index contributed by atoms with van der Waals surface area (Å²) in [6, 6.07) is 0. The van der Waals surface area contributed by atoms with Gasteiger partial charge in [0.25, 0.3) is 0 Å². The summed E-state index contributed by atoms with van der Waals surface area (Å²) in [5, 5.41) is 31.3. The minimum absolute atomic E-state index is 0.0537. The van der Waals surface area contributed by atoms with Crippen LogP contribution < -0.4 is 0 Å². The van der Waals surface area contributed by atoms with Gasteiger partial charge in [0.15, 0.2) is 6.10 Å². The second-order valence-corrected chi connectivity index (χ2v) is 14.0. The Bertz CT molecular complexity index is 1050. The molecule has 19 nitrogen and oxygen atoms in total. The molecule has 266 valence electrons. The highest BCUT2D eigenvalue weighted by Gasteiger charge is 2.56. The average Bonchev–Trinajstić information content (AvgIpc) is 2.92. The number of hydrogen-bond acceptors (Lipinski definition) is 14. The van der Waals surface area contributed by atoms with E-state index in [1.807, 2.05) is 6.92 Å². The highest BCUT2D eigenvalue weighted by molar-refractivity contribution is 7.47. The first kappa shape index (κ1) is 42.2. The van der Waals surface area contributed by atoms with Gasteiger partial charge in [0, 0.05) is 12.8 Å². The van der Waals surface area contributed by atoms with Crippen LogP contribution in [0.1, 0.15) is 71.1 Å². The monoisotopic (exact) mass is 717 g/mol. The van der Waals surface area contributed by atoms with Crippen molar-refractivity contribution in [3.8, 4) is 0 Å². The number of phosphoric acid groups is 3. The van der Waals surface area contributed by atoms with E-state index in [9.17, 15) is 43.5 Å². The van der Waals surface area contributed by atoms with Gasteiger partial charge in [0.05, 0.1) is 6.61 Å². The molecule has 0 aromatic rings. The van der Waals surface area contributed by atoms with Crippen LogP contribution in [0.3, 0.4) is 0 Å². The Morgan fingerprint density at radius 3 is 1.76 bits per heavy atom. The number of aliphatic hydroxyl groups excluding tert-OH is 3. The van der Waals surface area contributed by atoms with Crippen molar-refractivity contribution < 1.29 is 90.6 Å². The molecular formula is C23H44O19P3-. The van der Waals surface area contributed by atoms with Crippen LogP contribution in [0.2, 0.25) is 0 Å². The predicted octanol–water partition coefficient (Wildman–Crippen LogP) is 0.751. The Balaban J connectivity index is 2.99. The van der Waals surface area contributed by atoms with E-state index in [0.717, 1.165) is 25.7 Å². The topological polar surface area (TPSA) is 303 Å². The maximum absolute atomic E-state index is 12.8. The Morgan fingerprint density at radius 2 is 1.20 bits per heavy atom. The predicted molar refractivity (Wildman–Crippen MR) is 151 cm³/mol. The molecule has 0 bridgehead atoms. The molecule has 0 saturated heterocycles. The number of esters is 2. The van der Waals surface area contributed by atoms with Crippen LogP contribution in [0.25, 0.3) is 0 Å². The van der Waals surface area contributed by atoms with Crippen LogP contribution in [-0.4, -0.2) is 108 Å². The average molecular weight is 718 g/mol. The molecule has 0 spiro atoms. The highest BCUT2D eigenvalue weighted by Crippen LogP contribution is 2.51. The maximum Gasteiger partial charge on any atom is 0.472 e. The molecule has 22 heteroatoms. The number of hydrogen-bond donors (Lipinski definition) is 8. The summed E-state index contributed by atoms with van der Waals surface area (Å²) in [6.45, 7) is 4.18.